The molecule has 0 aliphatic carbocycles. The van der Waals surface area contributed by atoms with Crippen LogP contribution in [0.3, 0.4) is 0 Å². The van der Waals surface area contributed by atoms with Crippen LogP contribution in [0.4, 0.5) is 0 Å². The summed E-state index contributed by atoms with van der Waals surface area (Å²) in [7, 11) is -10.7. The lowest BCUT2D eigenvalue weighted by atomic mass is 9.95. The third kappa shape index (κ3) is 43.1. The van der Waals surface area contributed by atoms with Gasteiger partial charge in [0.15, 0.2) is 24.6 Å². The molecule has 8 unspecified atom stereocenters. The second kappa shape index (κ2) is 53.4. The van der Waals surface area contributed by atoms with Crippen molar-refractivity contribution < 1.29 is 112 Å². The highest BCUT2D eigenvalue weighted by Gasteiger charge is 2.58. The lowest BCUT2D eigenvalue weighted by molar-refractivity contribution is -0.297. The molecule has 2 heterocycles. The Hall–Kier alpha value is -2.46. The maximum Gasteiger partial charge on any atom is 0.570 e. The van der Waals surface area contributed by atoms with Crippen LogP contribution in [-0.4, -0.2) is 183 Å². The van der Waals surface area contributed by atoms with Crippen LogP contribution in [0.25, 0.3) is 0 Å². The number of ether oxygens (including phenoxy) is 5. The summed E-state index contributed by atoms with van der Waals surface area (Å²) in [4.78, 5) is 118. The normalized spacial score (nSPS) is 23.2. The maximum atomic E-state index is 14.1. The van der Waals surface area contributed by atoms with E-state index in [0.29, 0.717) is 38.5 Å². The van der Waals surface area contributed by atoms with Crippen LogP contribution < -0.4 is 10.6 Å². The smallest absolute Gasteiger partial charge is 0.457 e. The number of carbonyl (C=O) groups is 4. The van der Waals surface area contributed by atoms with Crippen molar-refractivity contribution in [1.29, 1.82) is 0 Å². The summed E-state index contributed by atoms with van der Waals surface area (Å²) in [6.45, 7) is 6.57. The van der Waals surface area contributed by atoms with Gasteiger partial charge in [0, 0.05) is 0 Å². The third-order valence-corrected chi connectivity index (χ3v) is 18.2. The number of amides is 2. The van der Waals surface area contributed by atoms with Gasteiger partial charge in [-0.1, -0.05) is 206 Å². The van der Waals surface area contributed by atoms with Crippen LogP contribution in [0.1, 0.15) is 285 Å². The van der Waals surface area contributed by atoms with Crippen molar-refractivity contribution in [2.24, 2.45) is 0 Å². The Morgan fingerprint density at radius 1 is 0.421 bits per heavy atom. The average molecular weight is 1400 g/mol. The van der Waals surface area contributed by atoms with Gasteiger partial charge >= 0.3 is 28.3 Å². The van der Waals surface area contributed by atoms with Gasteiger partial charge in [0.1, 0.15) is 30.4 Å². The summed E-state index contributed by atoms with van der Waals surface area (Å²) < 4.78 is 40.3. The number of aliphatic hydroxyl groups excluding tert-OH is 6. The molecule has 25 nitrogen and oxygen atoms in total. The molecular formula is C68H128N2O23P2+2. The van der Waals surface area contributed by atoms with Gasteiger partial charge in [-0.2, -0.15) is 29.4 Å². The Labute approximate surface area is 568 Å². The molecule has 2 amide bonds. The number of carbonyl (C=O) groups excluding carboxylic acids is 4. The Kier molecular flexibility index (Phi) is 49.8. The summed E-state index contributed by atoms with van der Waals surface area (Å²) in [6, 6.07) is -3.69. The number of esters is 2. The third-order valence-electron chi connectivity index (χ3n) is 17.2. The van der Waals surface area contributed by atoms with Crippen molar-refractivity contribution in [3.05, 3.63) is 24.3 Å². The minimum Gasteiger partial charge on any atom is -0.457 e. The van der Waals surface area contributed by atoms with Gasteiger partial charge in [-0.05, 0) is 77.0 Å². The number of allylic oxidation sites excluding steroid dienone is 4. The van der Waals surface area contributed by atoms with Crippen LogP contribution in [-0.2, 0) is 51.9 Å². The second-order valence-electron chi connectivity index (χ2n) is 26.1. The standard InChI is InChI=1S/C68H126N2O23P2/c1-5-9-13-17-21-25-29-33-37-41-51(72)45-57(76)69-61-65(90-59(78)47-53(74)43-39-35-31-27-23-19-15-11-7-3)63(80)56(89-68(61)93-95(84,85)86)50-87-67-62(70-58(77)46-52(73)42-38-34-30-26-22-18-14-10-6-2)66(64(55(49-71)88-67)92-94(81,82)83)91-60(79)48-54(75)44-40-36-32-28-24-20-16-12-8-4/h26-27,30-31,51-56,61-68,71-75,80-86H,5-25,28-29,32-50H2,1-4H3/p+2/b30-26-,31-27-/t51?,52?,53?,54?,55?,56?,61?,62?,63-,64-,65-,66-,67-,68-/m1/s1. The molecule has 27 heteroatoms. The number of unbranched alkanes of at least 4 members (excludes halogenated alkanes) is 26. The predicted octanol–water partition coefficient (Wildman–Crippen LogP) is 9.55. The topological polar surface area (TPSA) is 400 Å². The number of hydrogen-bond acceptors (Lipinski definition) is 23. The Bertz CT molecular complexity index is 2040. The molecule has 2 aliphatic rings. The van der Waals surface area contributed by atoms with E-state index in [0.717, 1.165) is 141 Å². The molecule has 95 heavy (non-hydrogen) atoms. The first-order valence-corrected chi connectivity index (χ1v) is 39.3. The number of aliphatic hydroxyl groups is 6. The Balaban J connectivity index is 2.56. The number of nitrogens with one attached hydrogen (secondary N) is 2. The molecule has 2 rings (SSSR count). The molecule has 0 saturated carbocycles. The van der Waals surface area contributed by atoms with Gasteiger partial charge in [-0.3, -0.25) is 19.2 Å². The van der Waals surface area contributed by atoms with Gasteiger partial charge in [0.05, 0.1) is 63.3 Å². The van der Waals surface area contributed by atoms with E-state index in [4.69, 9.17) is 32.7 Å². The summed E-state index contributed by atoms with van der Waals surface area (Å²) in [6.07, 6.45) is 17.1. The molecule has 0 bridgehead atoms. The van der Waals surface area contributed by atoms with Gasteiger partial charge in [0.2, 0.25) is 18.1 Å². The first-order chi connectivity index (χ1) is 45.4. The summed E-state index contributed by atoms with van der Waals surface area (Å²) in [5.41, 5.74) is 0. The molecule has 2 fully saturated rings. The quantitative estimate of drug-likeness (QED) is 0.0117. The Morgan fingerprint density at radius 3 is 1.16 bits per heavy atom. The lowest BCUT2D eigenvalue weighted by Gasteiger charge is -2.46. The number of hydrogen-bond donors (Lipinski definition) is 14. The first kappa shape index (κ1) is 88.6. The van der Waals surface area contributed by atoms with E-state index < -0.39 is 165 Å². The highest BCUT2D eigenvalue weighted by molar-refractivity contribution is 7.53. The average Bonchev–Trinajstić information content (AvgIpc) is 0.788. The largest absolute Gasteiger partial charge is 0.570 e. The second-order valence-corrected chi connectivity index (χ2v) is 28.5. The molecule has 0 aromatic heterocycles. The van der Waals surface area contributed by atoms with Crippen LogP contribution in [0.5, 0.6) is 0 Å². The van der Waals surface area contributed by atoms with Gasteiger partial charge in [-0.15, -0.1) is 9.05 Å². The van der Waals surface area contributed by atoms with Crippen molar-refractivity contribution in [2.45, 2.75) is 370 Å². The molecule has 0 spiro atoms. The molecule has 14 N–H and O–H groups in total. The van der Waals surface area contributed by atoms with E-state index in [-0.39, 0.29) is 25.7 Å². The van der Waals surface area contributed by atoms with E-state index in [1.165, 1.54) is 25.7 Å². The van der Waals surface area contributed by atoms with Crippen molar-refractivity contribution in [3.8, 4) is 0 Å². The summed E-state index contributed by atoms with van der Waals surface area (Å²) in [5, 5.41) is 72.2. The van der Waals surface area contributed by atoms with E-state index in [1.54, 1.807) is 0 Å². The van der Waals surface area contributed by atoms with E-state index in [1.807, 2.05) is 12.2 Å². The zero-order valence-electron chi connectivity index (χ0n) is 57.8. The summed E-state index contributed by atoms with van der Waals surface area (Å²) >= 11 is 0. The predicted molar refractivity (Wildman–Crippen MR) is 363 cm³/mol. The van der Waals surface area contributed by atoms with Crippen LogP contribution in [0.15, 0.2) is 24.3 Å². The highest BCUT2D eigenvalue weighted by atomic mass is 31.2. The van der Waals surface area contributed by atoms with Crippen LogP contribution >= 0.6 is 16.3 Å². The van der Waals surface area contributed by atoms with Gasteiger partial charge in [-0.25, -0.2) is 0 Å². The van der Waals surface area contributed by atoms with Crippen molar-refractivity contribution >= 4 is 40.1 Å². The molecular weight excluding hydrogens is 1270 g/mol. The van der Waals surface area contributed by atoms with Crippen molar-refractivity contribution in [3.63, 3.8) is 0 Å². The fraction of sp³-hybridized carbons (Fsp3) is 0.882. The summed E-state index contributed by atoms with van der Waals surface area (Å²) in [5.74, 6) is -3.98. The molecule has 14 atom stereocenters. The fourth-order valence-corrected chi connectivity index (χ4v) is 12.9. The van der Waals surface area contributed by atoms with E-state index >= 15 is 0 Å². The minimum atomic E-state index is -5.37. The Morgan fingerprint density at radius 2 is 0.758 bits per heavy atom. The number of rotatable bonds is 58. The molecule has 0 radical (unpaired) electrons. The zero-order chi connectivity index (χ0) is 70.3. The lowest BCUT2D eigenvalue weighted by Crippen LogP contribution is -2.68. The van der Waals surface area contributed by atoms with Gasteiger partial charge < -0.3 is 65.0 Å². The SMILES string of the molecule is CCCCCC/C=C\CCCC(O)CC(=O)NC1[C@H](OCC2O[C@H](O[P+](O)(O)O)C(NC(=O)CC(O)CCCCCCCCCCC)[C@@H](OC(=O)CC(O)CCC/C=C\CCCCCC)[C@@H]2O)OC(CO)[C@@H](O[P+](O)(O)O)[C@@H]1OC(=O)CC(O)CCCCCCCCCCC. The van der Waals surface area contributed by atoms with Crippen molar-refractivity contribution in [1.82, 2.24) is 10.6 Å². The van der Waals surface area contributed by atoms with Crippen LogP contribution in [0.2, 0.25) is 0 Å². The van der Waals surface area contributed by atoms with Crippen LogP contribution in [0, 0.1) is 0 Å². The van der Waals surface area contributed by atoms with E-state index in [2.05, 4.69) is 50.5 Å². The molecule has 2 aliphatic heterocycles. The molecule has 556 valence electrons. The zero-order valence-corrected chi connectivity index (χ0v) is 59.6. The first-order valence-electron chi connectivity index (χ1n) is 36.2. The molecule has 2 saturated heterocycles. The van der Waals surface area contributed by atoms with E-state index in [9.17, 15) is 79.2 Å². The highest BCUT2D eigenvalue weighted by Crippen LogP contribution is 2.51. The van der Waals surface area contributed by atoms with Gasteiger partial charge in [0.25, 0.3) is 0 Å². The molecule has 0 aromatic carbocycles. The van der Waals surface area contributed by atoms with Crippen molar-refractivity contribution in [2.75, 3.05) is 13.2 Å². The minimum absolute atomic E-state index is 0.168. The maximum absolute atomic E-state index is 14.1. The fourth-order valence-electron chi connectivity index (χ4n) is 11.8. The monoisotopic (exact) mass is 1400 g/mol. The molecule has 0 aromatic rings.